The van der Waals surface area contributed by atoms with Crippen LogP contribution in [0.5, 0.6) is 0 Å². The van der Waals surface area contributed by atoms with Gasteiger partial charge in [-0.05, 0) is 36.8 Å². The Balaban J connectivity index is 0.000000240. The van der Waals surface area contributed by atoms with E-state index in [2.05, 4.69) is 10.6 Å². The first-order chi connectivity index (χ1) is 21.1. The van der Waals surface area contributed by atoms with Gasteiger partial charge >= 0.3 is 38.4 Å². The first kappa shape index (κ1) is 34.4. The SMILES string of the molecule is O=C(O)C[C@@H]1CC[C@H](NC(=O)OCc2ccccc2)B(O)O1.O=C(O)C[C@@H]1CC[C@H](NC(=O)OCc2ccccc2)B(O)O1. The van der Waals surface area contributed by atoms with Crippen molar-refractivity contribution in [2.45, 2.75) is 75.8 Å². The highest BCUT2D eigenvalue weighted by atomic mass is 16.6. The summed E-state index contributed by atoms with van der Waals surface area (Å²) in [4.78, 5) is 44.6. The summed E-state index contributed by atoms with van der Waals surface area (Å²) < 4.78 is 20.5. The molecule has 4 rings (SSSR count). The minimum absolute atomic E-state index is 0.137. The molecule has 2 aliphatic rings. The van der Waals surface area contributed by atoms with Crippen molar-refractivity contribution in [1.29, 1.82) is 0 Å². The van der Waals surface area contributed by atoms with Crippen molar-refractivity contribution in [3.8, 4) is 0 Å². The van der Waals surface area contributed by atoms with Crippen LogP contribution in [0.3, 0.4) is 0 Å². The van der Waals surface area contributed by atoms with E-state index in [0.717, 1.165) is 11.1 Å². The monoisotopic (exact) mass is 614 g/mol. The molecule has 2 heterocycles. The lowest BCUT2D eigenvalue weighted by Crippen LogP contribution is -2.53. The molecule has 0 bridgehead atoms. The zero-order valence-electron chi connectivity index (χ0n) is 23.9. The topological polar surface area (TPSA) is 210 Å². The van der Waals surface area contributed by atoms with Crippen molar-refractivity contribution in [1.82, 2.24) is 10.6 Å². The van der Waals surface area contributed by atoms with Crippen LogP contribution in [0.15, 0.2) is 60.7 Å². The van der Waals surface area contributed by atoms with E-state index in [1.165, 1.54) is 0 Å². The van der Waals surface area contributed by atoms with E-state index in [-0.39, 0.29) is 26.1 Å². The Morgan fingerprint density at radius 2 is 1.02 bits per heavy atom. The smallest absolute Gasteiger partial charge is 0.478 e. The van der Waals surface area contributed by atoms with Crippen molar-refractivity contribution in [3.63, 3.8) is 0 Å². The van der Waals surface area contributed by atoms with Crippen LogP contribution in [0.2, 0.25) is 0 Å². The van der Waals surface area contributed by atoms with E-state index in [9.17, 15) is 29.2 Å². The Morgan fingerprint density at radius 3 is 1.34 bits per heavy atom. The van der Waals surface area contributed by atoms with Gasteiger partial charge in [0.2, 0.25) is 0 Å². The lowest BCUT2D eigenvalue weighted by atomic mass is 9.72. The molecule has 14 nitrogen and oxygen atoms in total. The second-order valence-electron chi connectivity index (χ2n) is 10.3. The summed E-state index contributed by atoms with van der Waals surface area (Å²) in [6.07, 6.45) is -0.929. The van der Waals surface area contributed by atoms with Gasteiger partial charge in [-0.1, -0.05) is 60.7 Å². The number of aliphatic carboxylic acids is 2. The maximum absolute atomic E-state index is 11.7. The number of carboxylic acid groups (broad SMARTS) is 2. The molecule has 2 aromatic rings. The molecule has 6 N–H and O–H groups in total. The van der Waals surface area contributed by atoms with Crippen molar-refractivity contribution in [2.24, 2.45) is 0 Å². The summed E-state index contributed by atoms with van der Waals surface area (Å²) in [7, 11) is -2.47. The standard InChI is InChI=1S/2C14H18BNO6/c2*17-13(18)8-11-6-7-12(15(20)22-11)16-14(19)21-9-10-4-2-1-3-5-10/h2*1-5,11-12,20H,6-9H2,(H,16,19)(H,17,18)/t2*11-,12-/m00/s1. The third-order valence-corrected chi connectivity index (χ3v) is 6.79. The molecule has 0 saturated carbocycles. The number of amides is 2. The summed E-state index contributed by atoms with van der Waals surface area (Å²) in [6.45, 7) is 0.274. The molecular formula is C28H36B2N2O12. The fourth-order valence-electron chi connectivity index (χ4n) is 4.55. The Morgan fingerprint density at radius 1 is 0.659 bits per heavy atom. The lowest BCUT2D eigenvalue weighted by molar-refractivity contribution is -0.140. The van der Waals surface area contributed by atoms with Crippen molar-refractivity contribution >= 4 is 38.4 Å². The van der Waals surface area contributed by atoms with Crippen LogP contribution >= 0.6 is 0 Å². The third kappa shape index (κ3) is 12.6. The predicted molar refractivity (Wildman–Crippen MR) is 156 cm³/mol. The first-order valence-corrected chi connectivity index (χ1v) is 14.1. The third-order valence-electron chi connectivity index (χ3n) is 6.79. The molecular weight excluding hydrogens is 578 g/mol. The van der Waals surface area contributed by atoms with Crippen LogP contribution in [0.25, 0.3) is 0 Å². The Hall–Kier alpha value is -4.11. The minimum atomic E-state index is -1.23. The normalized spacial score (nSPS) is 21.2. The summed E-state index contributed by atoms with van der Waals surface area (Å²) in [6, 6.07) is 18.5. The second kappa shape index (κ2) is 17.9. The molecule has 2 amide bonds. The Kier molecular flexibility index (Phi) is 14.0. The number of carbonyl (C=O) groups excluding carboxylic acids is 2. The van der Waals surface area contributed by atoms with Crippen LogP contribution in [-0.2, 0) is 41.6 Å². The molecule has 0 spiro atoms. The molecule has 2 aliphatic heterocycles. The second-order valence-corrected chi connectivity index (χ2v) is 10.3. The van der Waals surface area contributed by atoms with E-state index in [0.29, 0.717) is 25.7 Å². The maximum atomic E-state index is 11.7. The highest BCUT2D eigenvalue weighted by molar-refractivity contribution is 6.46. The molecule has 2 saturated heterocycles. The number of ether oxygens (including phenoxy) is 2. The maximum Gasteiger partial charge on any atom is 0.478 e. The summed E-state index contributed by atoms with van der Waals surface area (Å²) in [5.41, 5.74) is 1.72. The van der Waals surface area contributed by atoms with E-state index < -0.39 is 62.5 Å². The quantitative estimate of drug-likeness (QED) is 0.212. The molecule has 0 aromatic heterocycles. The number of alkyl carbamates (subject to hydrolysis) is 2. The van der Waals surface area contributed by atoms with E-state index in [1.54, 1.807) is 0 Å². The van der Waals surface area contributed by atoms with E-state index in [4.69, 9.17) is 29.0 Å². The highest BCUT2D eigenvalue weighted by Gasteiger charge is 2.38. The molecule has 0 radical (unpaired) electrons. The first-order valence-electron chi connectivity index (χ1n) is 14.1. The number of rotatable bonds is 10. The van der Waals surface area contributed by atoms with Crippen LogP contribution in [-0.4, -0.2) is 82.7 Å². The number of carbonyl (C=O) groups is 4. The van der Waals surface area contributed by atoms with E-state index in [1.807, 2.05) is 60.7 Å². The molecule has 0 aliphatic carbocycles. The van der Waals surface area contributed by atoms with Crippen LogP contribution < -0.4 is 10.6 Å². The number of hydrogen-bond donors (Lipinski definition) is 6. The van der Waals surface area contributed by atoms with Gasteiger partial charge in [-0.3, -0.25) is 9.59 Å². The molecule has 4 atom stereocenters. The molecule has 44 heavy (non-hydrogen) atoms. The average Bonchev–Trinajstić information content (AvgIpc) is 2.99. The van der Waals surface area contributed by atoms with E-state index >= 15 is 0 Å². The molecule has 2 fully saturated rings. The van der Waals surface area contributed by atoms with Gasteiger partial charge in [-0.15, -0.1) is 0 Å². The zero-order chi connectivity index (χ0) is 31.9. The summed E-state index contributed by atoms with van der Waals surface area (Å²) in [5.74, 6) is -3.17. The number of hydrogen-bond acceptors (Lipinski definition) is 10. The van der Waals surface area contributed by atoms with Gasteiger partial charge in [-0.2, -0.15) is 0 Å². The fourth-order valence-corrected chi connectivity index (χ4v) is 4.55. The molecule has 236 valence electrons. The number of benzene rings is 2. The number of carboxylic acids is 2. The average molecular weight is 614 g/mol. The summed E-state index contributed by atoms with van der Waals surface area (Å²) in [5, 5.41) is 42.0. The van der Waals surface area contributed by atoms with Gasteiger partial charge in [0.1, 0.15) is 13.2 Å². The summed E-state index contributed by atoms with van der Waals surface area (Å²) >= 11 is 0. The van der Waals surface area contributed by atoms with Crippen LogP contribution in [0.1, 0.15) is 49.7 Å². The lowest BCUT2D eigenvalue weighted by Gasteiger charge is -2.30. The van der Waals surface area contributed by atoms with Gasteiger partial charge < -0.3 is 49.7 Å². The van der Waals surface area contributed by atoms with Gasteiger partial charge in [0, 0.05) is 0 Å². The molecule has 0 unspecified atom stereocenters. The van der Waals surface area contributed by atoms with Crippen molar-refractivity contribution in [3.05, 3.63) is 71.8 Å². The van der Waals surface area contributed by atoms with Gasteiger partial charge in [-0.25, -0.2) is 9.59 Å². The highest BCUT2D eigenvalue weighted by Crippen LogP contribution is 2.20. The Bertz CT molecular complexity index is 1120. The van der Waals surface area contributed by atoms with Gasteiger partial charge in [0.15, 0.2) is 0 Å². The molecule has 2 aromatic carbocycles. The fraction of sp³-hybridized carbons (Fsp3) is 0.429. The largest absolute Gasteiger partial charge is 0.481 e. The Labute approximate surface area is 254 Å². The zero-order valence-corrected chi connectivity index (χ0v) is 23.9. The van der Waals surface area contributed by atoms with Crippen LogP contribution in [0, 0.1) is 0 Å². The van der Waals surface area contributed by atoms with Crippen LogP contribution in [0.4, 0.5) is 9.59 Å². The number of nitrogens with one attached hydrogen (secondary N) is 2. The molecule has 16 heteroatoms. The minimum Gasteiger partial charge on any atom is -0.481 e. The van der Waals surface area contributed by atoms with Gasteiger partial charge in [0.25, 0.3) is 0 Å². The van der Waals surface area contributed by atoms with Crippen molar-refractivity contribution < 1.29 is 58.2 Å². The van der Waals surface area contributed by atoms with Gasteiger partial charge in [0.05, 0.1) is 36.9 Å². The predicted octanol–water partition coefficient (Wildman–Crippen LogP) is 1.91. The van der Waals surface area contributed by atoms with Crippen molar-refractivity contribution in [2.75, 3.05) is 0 Å².